The van der Waals surface area contributed by atoms with E-state index >= 15 is 0 Å². The number of hydrogen-bond acceptors (Lipinski definition) is 4. The van der Waals surface area contributed by atoms with E-state index in [2.05, 4.69) is 46.7 Å². The van der Waals surface area contributed by atoms with E-state index in [9.17, 15) is 4.79 Å². The van der Waals surface area contributed by atoms with Gasteiger partial charge in [-0.15, -0.1) is 11.3 Å². The van der Waals surface area contributed by atoms with Crippen molar-refractivity contribution in [2.45, 2.75) is 6.54 Å². The fourth-order valence-electron chi connectivity index (χ4n) is 2.80. The molecule has 114 valence electrons. The van der Waals surface area contributed by atoms with Gasteiger partial charge in [0.1, 0.15) is 0 Å². The van der Waals surface area contributed by atoms with E-state index in [-0.39, 0.29) is 5.24 Å². The number of aliphatic imine (C=N–C) groups is 1. The molecule has 2 aromatic carbocycles. The number of nitrogens with one attached hydrogen (secondary N) is 1. The van der Waals surface area contributed by atoms with Crippen molar-refractivity contribution in [1.29, 1.82) is 0 Å². The zero-order chi connectivity index (χ0) is 15.8. The average Bonchev–Trinajstić information content (AvgIpc) is 3.20. The molecule has 1 N–H and O–H groups in total. The summed E-state index contributed by atoms with van der Waals surface area (Å²) in [6, 6.07) is 14.7. The van der Waals surface area contributed by atoms with Crippen LogP contribution in [0, 0.1) is 0 Å². The highest BCUT2D eigenvalue weighted by Crippen LogP contribution is 2.39. The fraction of sp³-hybridized carbons (Fsp3) is 0.111. The molecule has 0 bridgehead atoms. The molecule has 0 unspecified atom stereocenters. The predicted octanol–water partition coefficient (Wildman–Crippen LogP) is 5.40. The largest absolute Gasteiger partial charge is 0.317 e. The Morgan fingerprint density at radius 1 is 1.26 bits per heavy atom. The number of rotatable bonds is 2. The summed E-state index contributed by atoms with van der Waals surface area (Å²) in [5.41, 5.74) is 4.32. The topological polar surface area (TPSA) is 41.5 Å². The average molecular weight is 338 g/mol. The van der Waals surface area contributed by atoms with Crippen molar-refractivity contribution in [3.63, 3.8) is 0 Å². The van der Waals surface area contributed by atoms with E-state index in [0.29, 0.717) is 6.54 Å². The molecule has 0 atom stereocenters. The SMILES string of the molecule is CSC(=O)Nc1cc2c(c(-c3cc4ccccc4s3)c1)CN=C2. The zero-order valence-corrected chi connectivity index (χ0v) is 14.1. The van der Waals surface area contributed by atoms with Crippen LogP contribution in [-0.4, -0.2) is 17.7 Å². The van der Waals surface area contributed by atoms with Gasteiger partial charge >= 0.3 is 0 Å². The normalized spacial score (nSPS) is 12.6. The summed E-state index contributed by atoms with van der Waals surface area (Å²) in [5, 5.41) is 4.13. The summed E-state index contributed by atoms with van der Waals surface area (Å²) in [6.45, 7) is 0.704. The molecule has 1 aliphatic rings. The van der Waals surface area contributed by atoms with Gasteiger partial charge in [0.2, 0.25) is 0 Å². The number of hydrogen-bond donors (Lipinski definition) is 1. The van der Waals surface area contributed by atoms with Gasteiger partial charge in [-0.3, -0.25) is 9.79 Å². The van der Waals surface area contributed by atoms with Gasteiger partial charge in [-0.25, -0.2) is 0 Å². The van der Waals surface area contributed by atoms with Gasteiger partial charge in [0.25, 0.3) is 5.24 Å². The van der Waals surface area contributed by atoms with Gasteiger partial charge in [-0.05, 0) is 47.0 Å². The second-order valence-electron chi connectivity index (χ2n) is 5.33. The Bertz CT molecular complexity index is 910. The van der Waals surface area contributed by atoms with Gasteiger partial charge < -0.3 is 5.32 Å². The molecule has 5 heteroatoms. The minimum atomic E-state index is -0.0535. The predicted molar refractivity (Wildman–Crippen MR) is 101 cm³/mol. The number of carbonyl (C=O) groups excluding carboxylic acids is 1. The van der Waals surface area contributed by atoms with Gasteiger partial charge in [0, 0.05) is 27.0 Å². The molecule has 0 aliphatic carbocycles. The number of thiophene rings is 1. The zero-order valence-electron chi connectivity index (χ0n) is 12.5. The van der Waals surface area contributed by atoms with Crippen molar-refractivity contribution in [3.8, 4) is 10.4 Å². The van der Waals surface area contributed by atoms with Crippen LogP contribution in [0.1, 0.15) is 11.1 Å². The minimum Gasteiger partial charge on any atom is -0.317 e. The van der Waals surface area contributed by atoms with Crippen LogP contribution in [-0.2, 0) is 6.54 Å². The first-order valence-corrected chi connectivity index (χ1v) is 9.29. The first kappa shape index (κ1) is 14.5. The Balaban J connectivity index is 1.85. The van der Waals surface area contributed by atoms with Crippen LogP contribution in [0.4, 0.5) is 10.5 Å². The Hall–Kier alpha value is -2.11. The number of benzene rings is 2. The maximum absolute atomic E-state index is 11.7. The van der Waals surface area contributed by atoms with Crippen molar-refractivity contribution >= 4 is 50.3 Å². The monoisotopic (exact) mass is 338 g/mol. The number of anilines is 1. The lowest BCUT2D eigenvalue weighted by Crippen LogP contribution is -2.05. The highest BCUT2D eigenvalue weighted by Gasteiger charge is 2.17. The van der Waals surface area contributed by atoms with Crippen molar-refractivity contribution in [3.05, 3.63) is 53.6 Å². The van der Waals surface area contributed by atoms with E-state index in [0.717, 1.165) is 16.8 Å². The van der Waals surface area contributed by atoms with Gasteiger partial charge in [-0.2, -0.15) is 0 Å². The minimum absolute atomic E-state index is 0.0535. The third kappa shape index (κ3) is 2.66. The van der Waals surface area contributed by atoms with E-state index < -0.39 is 0 Å². The first-order chi connectivity index (χ1) is 11.2. The van der Waals surface area contributed by atoms with Crippen LogP contribution in [0.25, 0.3) is 20.5 Å². The van der Waals surface area contributed by atoms with E-state index in [1.165, 1.54) is 32.3 Å². The molecular formula is C18H14N2OS2. The highest BCUT2D eigenvalue weighted by atomic mass is 32.2. The highest BCUT2D eigenvalue weighted by molar-refractivity contribution is 8.13. The fourth-order valence-corrected chi connectivity index (χ4v) is 4.12. The molecule has 1 aliphatic heterocycles. The van der Waals surface area contributed by atoms with Crippen LogP contribution >= 0.6 is 23.1 Å². The standard InChI is InChI=1S/C18H14N2OS2/c1-22-18(21)20-13-6-12-9-19-10-15(12)14(8-13)17-7-11-4-2-3-5-16(11)23-17/h2-9H,10H2,1H3,(H,20,21). The number of thioether (sulfide) groups is 1. The van der Waals surface area contributed by atoms with Crippen molar-refractivity contribution in [1.82, 2.24) is 0 Å². The summed E-state index contributed by atoms with van der Waals surface area (Å²) in [7, 11) is 0. The maximum Gasteiger partial charge on any atom is 0.283 e. The summed E-state index contributed by atoms with van der Waals surface area (Å²) in [4.78, 5) is 17.3. The van der Waals surface area contributed by atoms with Crippen LogP contribution in [0.2, 0.25) is 0 Å². The summed E-state index contributed by atoms with van der Waals surface area (Å²) >= 11 is 2.95. The number of amides is 1. The summed E-state index contributed by atoms with van der Waals surface area (Å²) in [6.07, 6.45) is 3.66. The first-order valence-electron chi connectivity index (χ1n) is 7.25. The third-order valence-electron chi connectivity index (χ3n) is 3.89. The molecule has 3 aromatic rings. The third-order valence-corrected chi connectivity index (χ3v) is 5.51. The number of nitrogens with zero attached hydrogens (tertiary/aromatic N) is 1. The van der Waals surface area contributed by atoms with Crippen molar-refractivity contribution in [2.75, 3.05) is 11.6 Å². The molecule has 4 rings (SSSR count). The lowest BCUT2D eigenvalue weighted by atomic mass is 10.0. The summed E-state index contributed by atoms with van der Waals surface area (Å²) < 4.78 is 1.27. The second-order valence-corrected chi connectivity index (χ2v) is 7.19. The second kappa shape index (κ2) is 5.83. The van der Waals surface area contributed by atoms with Gasteiger partial charge in [0.05, 0.1) is 6.54 Å². The van der Waals surface area contributed by atoms with Gasteiger partial charge in [0.15, 0.2) is 0 Å². The number of fused-ring (bicyclic) bond motifs is 2. The lowest BCUT2D eigenvalue weighted by Gasteiger charge is -2.10. The molecule has 1 amide bonds. The van der Waals surface area contributed by atoms with E-state index in [1.807, 2.05) is 12.3 Å². The molecule has 0 spiro atoms. The molecule has 0 fully saturated rings. The summed E-state index contributed by atoms with van der Waals surface area (Å²) in [5.74, 6) is 0. The van der Waals surface area contributed by atoms with Crippen molar-refractivity contribution in [2.24, 2.45) is 4.99 Å². The molecule has 0 saturated carbocycles. The van der Waals surface area contributed by atoms with Crippen LogP contribution in [0.15, 0.2) is 47.5 Å². The van der Waals surface area contributed by atoms with E-state index in [4.69, 9.17) is 0 Å². The Kier molecular flexibility index (Phi) is 3.67. The number of carbonyl (C=O) groups is 1. The van der Waals surface area contributed by atoms with Crippen LogP contribution in [0.5, 0.6) is 0 Å². The molecule has 0 saturated heterocycles. The maximum atomic E-state index is 11.7. The molecule has 0 radical (unpaired) electrons. The molecular weight excluding hydrogens is 324 g/mol. The molecule has 2 heterocycles. The quantitative estimate of drug-likeness (QED) is 0.680. The molecule has 1 aromatic heterocycles. The molecule has 23 heavy (non-hydrogen) atoms. The van der Waals surface area contributed by atoms with Crippen LogP contribution in [0.3, 0.4) is 0 Å². The van der Waals surface area contributed by atoms with E-state index in [1.54, 1.807) is 17.6 Å². The Morgan fingerprint density at radius 3 is 2.96 bits per heavy atom. The lowest BCUT2D eigenvalue weighted by molar-refractivity contribution is 0.270. The Labute approximate surface area is 142 Å². The molecule has 3 nitrogen and oxygen atoms in total. The smallest absolute Gasteiger partial charge is 0.283 e. The van der Waals surface area contributed by atoms with Crippen LogP contribution < -0.4 is 5.32 Å². The van der Waals surface area contributed by atoms with Gasteiger partial charge in [-0.1, -0.05) is 30.0 Å². The Morgan fingerprint density at radius 2 is 2.13 bits per heavy atom. The van der Waals surface area contributed by atoms with Crippen molar-refractivity contribution < 1.29 is 4.79 Å².